The van der Waals surface area contributed by atoms with Gasteiger partial charge in [-0.05, 0) is 62.1 Å². The minimum absolute atomic E-state index is 0.0579. The van der Waals surface area contributed by atoms with Crippen LogP contribution in [0.3, 0.4) is 0 Å². The molecule has 0 bridgehead atoms. The Kier molecular flexibility index (Phi) is 3.58. The molecule has 1 saturated carbocycles. The van der Waals surface area contributed by atoms with Crippen LogP contribution in [0.4, 0.5) is 0 Å². The van der Waals surface area contributed by atoms with E-state index >= 15 is 0 Å². The van der Waals surface area contributed by atoms with Crippen molar-refractivity contribution in [1.82, 2.24) is 0 Å². The van der Waals surface area contributed by atoms with Crippen LogP contribution in [0.1, 0.15) is 49.3 Å². The molecule has 2 rings (SSSR count). The van der Waals surface area contributed by atoms with Crippen LogP contribution >= 0.6 is 0 Å². The van der Waals surface area contributed by atoms with Crippen LogP contribution in [0.15, 0.2) is 18.2 Å². The zero-order chi connectivity index (χ0) is 12.5. The summed E-state index contributed by atoms with van der Waals surface area (Å²) >= 11 is 0. The minimum Gasteiger partial charge on any atom is -0.325 e. The van der Waals surface area contributed by atoms with Gasteiger partial charge >= 0.3 is 0 Å². The van der Waals surface area contributed by atoms with Crippen molar-refractivity contribution >= 4 is 0 Å². The fourth-order valence-corrected chi connectivity index (χ4v) is 3.10. The van der Waals surface area contributed by atoms with Gasteiger partial charge < -0.3 is 5.73 Å². The molecule has 1 heteroatoms. The van der Waals surface area contributed by atoms with E-state index in [-0.39, 0.29) is 5.54 Å². The number of aryl methyl sites for hydroxylation is 2. The Morgan fingerprint density at radius 1 is 1.29 bits per heavy atom. The van der Waals surface area contributed by atoms with Crippen LogP contribution in [-0.4, -0.2) is 5.54 Å². The van der Waals surface area contributed by atoms with E-state index in [0.29, 0.717) is 0 Å². The van der Waals surface area contributed by atoms with Crippen LogP contribution in [0.5, 0.6) is 0 Å². The van der Waals surface area contributed by atoms with Gasteiger partial charge in [0.15, 0.2) is 0 Å². The zero-order valence-electron chi connectivity index (χ0n) is 11.4. The molecule has 0 amide bonds. The highest BCUT2D eigenvalue weighted by Gasteiger charge is 2.34. The Hall–Kier alpha value is -0.820. The fraction of sp³-hybridized carbons (Fsp3) is 0.625. The van der Waals surface area contributed by atoms with Crippen LogP contribution in [0, 0.1) is 19.8 Å². The van der Waals surface area contributed by atoms with Gasteiger partial charge in [0.05, 0.1) is 0 Å². The average Bonchev–Trinajstić information content (AvgIpc) is 2.66. The summed E-state index contributed by atoms with van der Waals surface area (Å²) in [4.78, 5) is 0. The van der Waals surface area contributed by atoms with Crippen molar-refractivity contribution in [2.75, 3.05) is 0 Å². The van der Waals surface area contributed by atoms with Crippen LogP contribution in [0.2, 0.25) is 0 Å². The van der Waals surface area contributed by atoms with Gasteiger partial charge in [-0.2, -0.15) is 0 Å². The van der Waals surface area contributed by atoms with Gasteiger partial charge in [-0.3, -0.25) is 0 Å². The molecule has 2 atom stereocenters. The first-order valence-electron chi connectivity index (χ1n) is 6.87. The monoisotopic (exact) mass is 231 g/mol. The predicted octanol–water partition coefficient (Wildman–Crippen LogP) is 3.75. The van der Waals surface area contributed by atoms with Crippen molar-refractivity contribution in [3.63, 3.8) is 0 Å². The maximum Gasteiger partial charge on any atom is 0.0197 e. The van der Waals surface area contributed by atoms with Crippen molar-refractivity contribution in [1.29, 1.82) is 0 Å². The smallest absolute Gasteiger partial charge is 0.0197 e. The maximum atomic E-state index is 6.55. The van der Waals surface area contributed by atoms with Crippen LogP contribution < -0.4 is 5.73 Å². The molecule has 0 radical (unpaired) electrons. The lowest BCUT2D eigenvalue weighted by atomic mass is 9.88. The first kappa shape index (κ1) is 12.6. The number of nitrogens with two attached hydrogens (primary N) is 1. The van der Waals surface area contributed by atoms with E-state index in [9.17, 15) is 0 Å². The van der Waals surface area contributed by atoms with Gasteiger partial charge in [0.1, 0.15) is 0 Å². The van der Waals surface area contributed by atoms with E-state index in [0.717, 1.165) is 12.3 Å². The molecule has 0 spiro atoms. The average molecular weight is 231 g/mol. The fourth-order valence-electron chi connectivity index (χ4n) is 3.10. The van der Waals surface area contributed by atoms with Gasteiger partial charge in [-0.15, -0.1) is 0 Å². The van der Waals surface area contributed by atoms with Crippen molar-refractivity contribution in [3.8, 4) is 0 Å². The van der Waals surface area contributed by atoms with Gasteiger partial charge in [0, 0.05) is 5.54 Å². The summed E-state index contributed by atoms with van der Waals surface area (Å²) in [6.45, 7) is 6.64. The highest BCUT2D eigenvalue weighted by Crippen LogP contribution is 2.36. The van der Waals surface area contributed by atoms with E-state index in [1.807, 2.05) is 0 Å². The standard InChI is InChI=1S/C16H25N/c1-4-14-7-8-16(17,10-14)11-15-6-5-12(2)13(3)9-15/h5-6,9,14H,4,7-8,10-11,17H2,1-3H3. The molecule has 2 N–H and O–H groups in total. The molecule has 1 nitrogen and oxygen atoms in total. The second-order valence-corrected chi connectivity index (χ2v) is 5.97. The molecular formula is C16H25N. The molecule has 2 unspecified atom stereocenters. The minimum atomic E-state index is 0.0579. The Labute approximate surface area is 105 Å². The highest BCUT2D eigenvalue weighted by atomic mass is 14.8. The van der Waals surface area contributed by atoms with Crippen molar-refractivity contribution in [2.45, 2.75) is 58.4 Å². The molecule has 1 aromatic carbocycles. The second-order valence-electron chi connectivity index (χ2n) is 5.97. The summed E-state index contributed by atoms with van der Waals surface area (Å²) in [7, 11) is 0. The normalized spacial score (nSPS) is 28.6. The molecular weight excluding hydrogens is 206 g/mol. The van der Waals surface area contributed by atoms with Gasteiger partial charge in [-0.25, -0.2) is 0 Å². The second kappa shape index (κ2) is 4.81. The quantitative estimate of drug-likeness (QED) is 0.842. The van der Waals surface area contributed by atoms with Crippen LogP contribution in [0.25, 0.3) is 0 Å². The molecule has 94 valence electrons. The summed E-state index contributed by atoms with van der Waals surface area (Å²) in [5.41, 5.74) is 10.8. The summed E-state index contributed by atoms with van der Waals surface area (Å²) in [5, 5.41) is 0. The van der Waals surface area contributed by atoms with Crippen LogP contribution in [-0.2, 0) is 6.42 Å². The molecule has 0 saturated heterocycles. The SMILES string of the molecule is CCC1CCC(N)(Cc2ccc(C)c(C)c2)C1. The van der Waals surface area contributed by atoms with E-state index < -0.39 is 0 Å². The third-order valence-electron chi connectivity index (χ3n) is 4.45. The molecule has 0 aliphatic heterocycles. The molecule has 1 fully saturated rings. The topological polar surface area (TPSA) is 26.0 Å². The molecule has 1 aromatic rings. The van der Waals surface area contributed by atoms with Gasteiger partial charge in [0.2, 0.25) is 0 Å². The molecule has 0 heterocycles. The lowest BCUT2D eigenvalue weighted by Crippen LogP contribution is -2.39. The third kappa shape index (κ3) is 2.90. The summed E-state index contributed by atoms with van der Waals surface area (Å²) in [5.74, 6) is 0.853. The zero-order valence-corrected chi connectivity index (χ0v) is 11.4. The molecule has 17 heavy (non-hydrogen) atoms. The van der Waals surface area contributed by atoms with Gasteiger partial charge in [0.25, 0.3) is 0 Å². The third-order valence-corrected chi connectivity index (χ3v) is 4.45. The molecule has 0 aromatic heterocycles. The van der Waals surface area contributed by atoms with E-state index in [1.54, 1.807) is 0 Å². The maximum absolute atomic E-state index is 6.55. The Morgan fingerprint density at radius 2 is 2.06 bits per heavy atom. The Morgan fingerprint density at radius 3 is 2.65 bits per heavy atom. The van der Waals surface area contributed by atoms with Gasteiger partial charge in [-0.1, -0.05) is 31.5 Å². The summed E-state index contributed by atoms with van der Waals surface area (Å²) in [6.07, 6.45) is 6.04. The molecule has 1 aliphatic carbocycles. The summed E-state index contributed by atoms with van der Waals surface area (Å²) < 4.78 is 0. The number of hydrogen-bond donors (Lipinski definition) is 1. The number of hydrogen-bond acceptors (Lipinski definition) is 1. The lowest BCUT2D eigenvalue weighted by molar-refractivity contribution is 0.407. The highest BCUT2D eigenvalue weighted by molar-refractivity contribution is 5.31. The van der Waals surface area contributed by atoms with Crippen molar-refractivity contribution in [2.24, 2.45) is 11.7 Å². The molecule has 1 aliphatic rings. The lowest BCUT2D eigenvalue weighted by Gasteiger charge is -2.24. The number of benzene rings is 1. The first-order valence-corrected chi connectivity index (χ1v) is 6.87. The van der Waals surface area contributed by atoms with Crippen molar-refractivity contribution < 1.29 is 0 Å². The Bertz CT molecular complexity index is 397. The first-order chi connectivity index (χ1) is 8.02. The Balaban J connectivity index is 2.08. The van der Waals surface area contributed by atoms with E-state index in [2.05, 4.69) is 39.0 Å². The largest absolute Gasteiger partial charge is 0.325 e. The predicted molar refractivity (Wildman–Crippen MR) is 74.2 cm³/mol. The summed E-state index contributed by atoms with van der Waals surface area (Å²) in [6, 6.07) is 6.78. The number of rotatable bonds is 3. The van der Waals surface area contributed by atoms with E-state index in [4.69, 9.17) is 5.73 Å². The van der Waals surface area contributed by atoms with E-state index in [1.165, 1.54) is 42.4 Å². The van der Waals surface area contributed by atoms with Crippen molar-refractivity contribution in [3.05, 3.63) is 34.9 Å².